The molecule has 1 aliphatic rings. The Morgan fingerprint density at radius 3 is 2.46 bits per heavy atom. The molecule has 148 valence electrons. The van der Waals surface area contributed by atoms with Gasteiger partial charge in [-0.25, -0.2) is 0 Å². The van der Waals surface area contributed by atoms with Crippen LogP contribution >= 0.6 is 0 Å². The fourth-order valence-electron chi connectivity index (χ4n) is 2.63. The number of hydrogen-bond donors (Lipinski definition) is 3. The van der Waals surface area contributed by atoms with Gasteiger partial charge in [0.25, 0.3) is 0 Å². The average Bonchev–Trinajstić information content (AvgIpc) is 2.67. The summed E-state index contributed by atoms with van der Waals surface area (Å²) in [4.78, 5) is 4.26. The van der Waals surface area contributed by atoms with Crippen molar-refractivity contribution in [2.45, 2.75) is 24.9 Å². The molecular weight excluding hydrogens is 369 g/mol. The molecule has 28 heavy (non-hydrogen) atoms. The van der Waals surface area contributed by atoms with Crippen LogP contribution in [0.1, 0.15) is 17.5 Å². The van der Waals surface area contributed by atoms with E-state index in [2.05, 4.69) is 15.6 Å². The highest BCUT2D eigenvalue weighted by Gasteiger charge is 2.30. The first-order chi connectivity index (χ1) is 13.3. The summed E-state index contributed by atoms with van der Waals surface area (Å²) in [6, 6.07) is 14.4. The van der Waals surface area contributed by atoms with Crippen molar-refractivity contribution in [3.05, 3.63) is 77.6 Å². The molecule has 2 aromatic rings. The summed E-state index contributed by atoms with van der Waals surface area (Å²) in [6.07, 6.45) is -0.601. The van der Waals surface area contributed by atoms with Crippen molar-refractivity contribution in [3.8, 4) is 5.75 Å². The van der Waals surface area contributed by atoms with E-state index in [0.717, 1.165) is 17.9 Å². The predicted molar refractivity (Wildman–Crippen MR) is 101 cm³/mol. The van der Waals surface area contributed by atoms with Crippen LogP contribution in [0.3, 0.4) is 0 Å². The Bertz CT molecular complexity index is 835. The van der Waals surface area contributed by atoms with Gasteiger partial charge in [0.2, 0.25) is 0 Å². The first-order valence-corrected chi connectivity index (χ1v) is 8.74. The quantitative estimate of drug-likeness (QED) is 0.678. The molecule has 0 saturated heterocycles. The molecule has 4 N–H and O–H groups in total. The van der Waals surface area contributed by atoms with Gasteiger partial charge in [0.15, 0.2) is 5.79 Å². The second-order valence-corrected chi connectivity index (χ2v) is 6.37. The van der Waals surface area contributed by atoms with Crippen LogP contribution in [0.2, 0.25) is 0 Å². The third kappa shape index (κ3) is 5.50. The fourth-order valence-corrected chi connectivity index (χ4v) is 2.63. The van der Waals surface area contributed by atoms with Crippen molar-refractivity contribution in [2.75, 3.05) is 6.61 Å². The third-order valence-electron chi connectivity index (χ3n) is 4.16. The number of nitrogens with one attached hydrogen (secondary N) is 2. The number of ether oxygens (including phenoxy) is 1. The van der Waals surface area contributed by atoms with Gasteiger partial charge >= 0.3 is 6.18 Å². The molecule has 5 nitrogen and oxygen atoms in total. The molecular formula is C20H21F3N4O. The molecule has 8 heteroatoms. The van der Waals surface area contributed by atoms with Crippen molar-refractivity contribution in [1.82, 2.24) is 10.6 Å². The van der Waals surface area contributed by atoms with Crippen molar-refractivity contribution < 1.29 is 17.9 Å². The van der Waals surface area contributed by atoms with Gasteiger partial charge < -0.3 is 15.4 Å². The van der Waals surface area contributed by atoms with Crippen LogP contribution in [-0.4, -0.2) is 18.6 Å². The summed E-state index contributed by atoms with van der Waals surface area (Å²) >= 11 is 0. The zero-order valence-corrected chi connectivity index (χ0v) is 15.0. The lowest BCUT2D eigenvalue weighted by molar-refractivity contribution is -0.137. The van der Waals surface area contributed by atoms with E-state index in [-0.39, 0.29) is 0 Å². The topological polar surface area (TPSA) is 71.7 Å². The standard InChI is InChI=1S/C20H21F3N4O/c21-20(22,23)16-8-6-15(7-9-16)14-25-18-10-12-26-19(24,27-18)11-13-28-17-4-2-1-3-5-17/h1-10,12,25,27H,11,13-14,24H2. The summed E-state index contributed by atoms with van der Waals surface area (Å²) in [5.41, 5.74) is 6.30. The minimum atomic E-state index is -4.34. The van der Waals surface area contributed by atoms with Crippen LogP contribution in [-0.2, 0) is 12.7 Å². The van der Waals surface area contributed by atoms with Crippen LogP contribution in [0.4, 0.5) is 13.2 Å². The Balaban J connectivity index is 1.49. The Morgan fingerprint density at radius 1 is 1.07 bits per heavy atom. The number of nitrogens with two attached hydrogens (primary N) is 1. The molecule has 0 amide bonds. The summed E-state index contributed by atoms with van der Waals surface area (Å²) in [7, 11) is 0. The maximum Gasteiger partial charge on any atom is 0.416 e. The maximum absolute atomic E-state index is 12.6. The highest BCUT2D eigenvalue weighted by Crippen LogP contribution is 2.29. The van der Waals surface area contributed by atoms with E-state index in [1.807, 2.05) is 30.3 Å². The normalized spacial score (nSPS) is 18.9. The van der Waals surface area contributed by atoms with Crippen molar-refractivity contribution in [2.24, 2.45) is 10.7 Å². The predicted octanol–water partition coefficient (Wildman–Crippen LogP) is 3.39. The van der Waals surface area contributed by atoms with E-state index < -0.39 is 17.5 Å². The number of para-hydroxylation sites is 1. The van der Waals surface area contributed by atoms with E-state index in [9.17, 15) is 13.2 Å². The van der Waals surface area contributed by atoms with Crippen molar-refractivity contribution in [3.63, 3.8) is 0 Å². The van der Waals surface area contributed by atoms with Gasteiger partial charge in [0, 0.05) is 19.2 Å². The molecule has 0 bridgehead atoms. The zero-order valence-electron chi connectivity index (χ0n) is 15.0. The highest BCUT2D eigenvalue weighted by atomic mass is 19.4. The lowest BCUT2D eigenvalue weighted by Gasteiger charge is -2.31. The fraction of sp³-hybridized carbons (Fsp3) is 0.250. The zero-order chi connectivity index (χ0) is 20.0. The lowest BCUT2D eigenvalue weighted by atomic mass is 10.1. The van der Waals surface area contributed by atoms with Gasteiger partial charge in [-0.2, -0.15) is 13.2 Å². The smallest absolute Gasteiger partial charge is 0.416 e. The first kappa shape index (κ1) is 19.8. The Morgan fingerprint density at radius 2 is 1.79 bits per heavy atom. The summed E-state index contributed by atoms with van der Waals surface area (Å²) in [6.45, 7) is 0.721. The van der Waals surface area contributed by atoms with Crippen LogP contribution < -0.4 is 21.1 Å². The van der Waals surface area contributed by atoms with Gasteiger partial charge in [0.1, 0.15) is 11.6 Å². The Hall–Kier alpha value is -3.00. The van der Waals surface area contributed by atoms with Gasteiger partial charge in [-0.3, -0.25) is 10.7 Å². The SMILES string of the molecule is NC1(CCOc2ccccc2)N=CC=C(NCc2ccc(C(F)(F)F)cc2)N1. The highest BCUT2D eigenvalue weighted by molar-refractivity contribution is 5.73. The average molecular weight is 390 g/mol. The molecule has 1 heterocycles. The number of alkyl halides is 3. The number of allylic oxidation sites excluding steroid dienone is 1. The molecule has 0 aromatic heterocycles. The molecule has 0 aliphatic carbocycles. The minimum Gasteiger partial charge on any atom is -0.493 e. The number of aliphatic imine (C=N–C) groups is 1. The number of benzene rings is 2. The van der Waals surface area contributed by atoms with Crippen LogP contribution in [0, 0.1) is 0 Å². The second-order valence-electron chi connectivity index (χ2n) is 6.37. The molecule has 2 aromatic carbocycles. The summed E-state index contributed by atoms with van der Waals surface area (Å²) in [5.74, 6) is 0.366. The van der Waals surface area contributed by atoms with E-state index in [0.29, 0.717) is 31.0 Å². The minimum absolute atomic E-state index is 0.349. The molecule has 0 fully saturated rings. The molecule has 3 rings (SSSR count). The van der Waals surface area contributed by atoms with Crippen LogP contribution in [0.15, 0.2) is 71.5 Å². The summed E-state index contributed by atoms with van der Waals surface area (Å²) < 4.78 is 43.5. The van der Waals surface area contributed by atoms with Crippen LogP contribution in [0.5, 0.6) is 5.75 Å². The largest absolute Gasteiger partial charge is 0.493 e. The molecule has 1 aliphatic heterocycles. The molecule has 0 radical (unpaired) electrons. The van der Waals surface area contributed by atoms with Gasteiger partial charge in [0.05, 0.1) is 12.2 Å². The lowest BCUT2D eigenvalue weighted by Crippen LogP contribution is -2.55. The van der Waals surface area contributed by atoms with Gasteiger partial charge in [-0.05, 0) is 35.9 Å². The van der Waals surface area contributed by atoms with E-state index >= 15 is 0 Å². The molecule has 0 saturated carbocycles. The number of rotatable bonds is 7. The second kappa shape index (κ2) is 8.35. The monoisotopic (exact) mass is 390 g/mol. The van der Waals surface area contributed by atoms with Crippen molar-refractivity contribution in [1.29, 1.82) is 0 Å². The number of halogens is 3. The maximum atomic E-state index is 12.6. The summed E-state index contributed by atoms with van der Waals surface area (Å²) in [5, 5.41) is 6.21. The number of nitrogens with zero attached hydrogens (tertiary/aromatic N) is 1. The first-order valence-electron chi connectivity index (χ1n) is 8.74. The van der Waals surface area contributed by atoms with Gasteiger partial charge in [-0.1, -0.05) is 30.3 Å². The van der Waals surface area contributed by atoms with Crippen LogP contribution in [0.25, 0.3) is 0 Å². The molecule has 0 spiro atoms. The third-order valence-corrected chi connectivity index (χ3v) is 4.16. The number of hydrogen-bond acceptors (Lipinski definition) is 5. The van der Waals surface area contributed by atoms with E-state index in [4.69, 9.17) is 10.5 Å². The Labute approximate surface area is 161 Å². The molecule has 1 unspecified atom stereocenters. The molecule has 1 atom stereocenters. The van der Waals surface area contributed by atoms with E-state index in [1.165, 1.54) is 12.1 Å². The van der Waals surface area contributed by atoms with Gasteiger partial charge in [-0.15, -0.1) is 0 Å². The van der Waals surface area contributed by atoms with Crippen molar-refractivity contribution >= 4 is 6.21 Å². The Kier molecular flexibility index (Phi) is 5.89. The van der Waals surface area contributed by atoms with E-state index in [1.54, 1.807) is 12.3 Å².